The third kappa shape index (κ3) is 4.80. The summed E-state index contributed by atoms with van der Waals surface area (Å²) in [5, 5.41) is 2.89. The molecule has 1 heterocycles. The predicted molar refractivity (Wildman–Crippen MR) is 108 cm³/mol. The van der Waals surface area contributed by atoms with Crippen LogP contribution in [0.25, 0.3) is 6.08 Å². The van der Waals surface area contributed by atoms with Gasteiger partial charge in [-0.1, -0.05) is 55.5 Å². The second-order valence-corrected chi connectivity index (χ2v) is 6.80. The Morgan fingerprint density at radius 1 is 1.11 bits per heavy atom. The van der Waals surface area contributed by atoms with E-state index in [0.29, 0.717) is 12.1 Å². The van der Waals surface area contributed by atoms with Crippen LogP contribution in [0, 0.1) is 0 Å². The van der Waals surface area contributed by atoms with Gasteiger partial charge in [-0.25, -0.2) is 4.79 Å². The van der Waals surface area contributed by atoms with E-state index in [9.17, 15) is 9.59 Å². The Bertz CT molecular complexity index is 860. The molecular formula is C23H25NO4. The van der Waals surface area contributed by atoms with Gasteiger partial charge in [0.15, 0.2) is 6.10 Å². The summed E-state index contributed by atoms with van der Waals surface area (Å²) in [6.07, 6.45) is 1.77. The standard InChI is InChI=1S/C23H25NO4/c1-3-17(18-9-5-4-6-10-18)14-24-22(25)16(2)28-23(26)20-13-19-11-7-8-12-21(19)27-15-20/h4-13,16-17H,3,14-15H2,1-2H3,(H,24,25)/t16-,17-/m0/s1. The number of fused-ring (bicyclic) bond motifs is 1. The molecule has 0 spiro atoms. The minimum absolute atomic E-state index is 0.135. The zero-order valence-electron chi connectivity index (χ0n) is 16.2. The van der Waals surface area contributed by atoms with Gasteiger partial charge in [0.1, 0.15) is 12.4 Å². The van der Waals surface area contributed by atoms with Crippen LogP contribution in [0.1, 0.15) is 37.3 Å². The number of nitrogens with one attached hydrogen (secondary N) is 1. The Kier molecular flexibility index (Phi) is 6.48. The Hall–Kier alpha value is -3.08. The van der Waals surface area contributed by atoms with E-state index in [1.807, 2.05) is 42.5 Å². The highest BCUT2D eigenvalue weighted by atomic mass is 16.6. The van der Waals surface area contributed by atoms with Crippen LogP contribution >= 0.6 is 0 Å². The number of amides is 1. The zero-order valence-corrected chi connectivity index (χ0v) is 16.2. The third-order valence-electron chi connectivity index (χ3n) is 4.83. The Morgan fingerprint density at radius 3 is 2.57 bits per heavy atom. The number of esters is 1. The number of hydrogen-bond donors (Lipinski definition) is 1. The average molecular weight is 379 g/mol. The van der Waals surface area contributed by atoms with E-state index in [1.165, 1.54) is 5.56 Å². The van der Waals surface area contributed by atoms with Crippen LogP contribution in [0.3, 0.4) is 0 Å². The quantitative estimate of drug-likeness (QED) is 0.745. The number of carbonyl (C=O) groups is 2. The smallest absolute Gasteiger partial charge is 0.338 e. The van der Waals surface area contributed by atoms with Crippen molar-refractivity contribution in [2.75, 3.05) is 13.2 Å². The van der Waals surface area contributed by atoms with Crippen molar-refractivity contribution < 1.29 is 19.1 Å². The topological polar surface area (TPSA) is 64.6 Å². The number of benzene rings is 2. The number of para-hydroxylation sites is 1. The molecule has 1 aliphatic rings. The van der Waals surface area contributed by atoms with Gasteiger partial charge in [0.2, 0.25) is 0 Å². The average Bonchev–Trinajstić information content (AvgIpc) is 2.74. The molecule has 1 N–H and O–H groups in total. The number of hydrogen-bond acceptors (Lipinski definition) is 4. The molecule has 5 heteroatoms. The third-order valence-corrected chi connectivity index (χ3v) is 4.83. The molecule has 0 saturated heterocycles. The van der Waals surface area contributed by atoms with Gasteiger partial charge >= 0.3 is 5.97 Å². The lowest BCUT2D eigenvalue weighted by atomic mass is 9.96. The molecule has 0 radical (unpaired) electrons. The summed E-state index contributed by atoms with van der Waals surface area (Å²) >= 11 is 0. The Balaban J connectivity index is 1.54. The summed E-state index contributed by atoms with van der Waals surface area (Å²) in [5.74, 6) is 0.114. The lowest BCUT2D eigenvalue weighted by Gasteiger charge is -2.20. The van der Waals surface area contributed by atoms with Crippen molar-refractivity contribution >= 4 is 18.0 Å². The summed E-state index contributed by atoms with van der Waals surface area (Å²) < 4.78 is 10.9. The number of ether oxygens (including phenoxy) is 2. The van der Waals surface area contributed by atoms with Crippen molar-refractivity contribution in [2.45, 2.75) is 32.3 Å². The Labute approximate surface area is 165 Å². The van der Waals surface area contributed by atoms with E-state index >= 15 is 0 Å². The molecule has 2 aromatic carbocycles. The minimum atomic E-state index is -0.876. The van der Waals surface area contributed by atoms with Crippen molar-refractivity contribution in [1.82, 2.24) is 5.32 Å². The molecule has 146 valence electrons. The first kappa shape index (κ1) is 19.7. The van der Waals surface area contributed by atoms with E-state index in [0.717, 1.165) is 17.7 Å². The molecule has 0 bridgehead atoms. The molecule has 2 atom stereocenters. The number of carbonyl (C=O) groups excluding carboxylic acids is 2. The number of rotatable bonds is 7. The van der Waals surface area contributed by atoms with Gasteiger partial charge in [-0.15, -0.1) is 0 Å². The highest BCUT2D eigenvalue weighted by Crippen LogP contribution is 2.26. The van der Waals surface area contributed by atoms with Crippen LogP contribution in [-0.4, -0.2) is 31.1 Å². The fourth-order valence-electron chi connectivity index (χ4n) is 3.11. The van der Waals surface area contributed by atoms with Crippen molar-refractivity contribution in [2.24, 2.45) is 0 Å². The molecule has 0 aromatic heterocycles. The largest absolute Gasteiger partial charge is 0.488 e. The summed E-state index contributed by atoms with van der Waals surface area (Å²) in [6, 6.07) is 17.5. The molecule has 28 heavy (non-hydrogen) atoms. The van der Waals surface area contributed by atoms with Gasteiger partial charge in [0.05, 0.1) is 5.57 Å². The van der Waals surface area contributed by atoms with Crippen LogP contribution in [0.5, 0.6) is 5.75 Å². The summed E-state index contributed by atoms with van der Waals surface area (Å²) in [6.45, 7) is 4.30. The molecule has 1 aliphatic heterocycles. The van der Waals surface area contributed by atoms with Crippen LogP contribution < -0.4 is 10.1 Å². The van der Waals surface area contributed by atoms with Crippen molar-refractivity contribution in [1.29, 1.82) is 0 Å². The first-order valence-electron chi connectivity index (χ1n) is 9.54. The molecular weight excluding hydrogens is 354 g/mol. The molecule has 2 aromatic rings. The Morgan fingerprint density at radius 2 is 1.82 bits per heavy atom. The minimum Gasteiger partial charge on any atom is -0.488 e. The van der Waals surface area contributed by atoms with E-state index in [1.54, 1.807) is 13.0 Å². The zero-order chi connectivity index (χ0) is 19.9. The second-order valence-electron chi connectivity index (χ2n) is 6.80. The van der Waals surface area contributed by atoms with E-state index in [-0.39, 0.29) is 18.4 Å². The van der Waals surface area contributed by atoms with Crippen molar-refractivity contribution in [3.63, 3.8) is 0 Å². The highest BCUT2D eigenvalue weighted by molar-refractivity contribution is 5.96. The summed E-state index contributed by atoms with van der Waals surface area (Å²) in [4.78, 5) is 24.8. The summed E-state index contributed by atoms with van der Waals surface area (Å²) in [7, 11) is 0. The maximum absolute atomic E-state index is 12.4. The lowest BCUT2D eigenvalue weighted by Crippen LogP contribution is -2.38. The molecule has 0 saturated carbocycles. The van der Waals surface area contributed by atoms with Crippen molar-refractivity contribution in [3.8, 4) is 5.75 Å². The molecule has 0 fully saturated rings. The SMILES string of the molecule is CC[C@@H](CNC(=O)[C@H](C)OC(=O)C1=Cc2ccccc2OC1)c1ccccc1. The first-order chi connectivity index (χ1) is 13.6. The summed E-state index contributed by atoms with van der Waals surface area (Å²) in [5.41, 5.74) is 2.40. The van der Waals surface area contributed by atoms with Gasteiger partial charge < -0.3 is 14.8 Å². The molecule has 0 unspecified atom stereocenters. The molecule has 1 amide bonds. The molecule has 5 nitrogen and oxygen atoms in total. The fourth-order valence-corrected chi connectivity index (χ4v) is 3.11. The predicted octanol–water partition coefficient (Wildman–Crippen LogP) is 3.70. The first-order valence-corrected chi connectivity index (χ1v) is 9.54. The van der Waals surface area contributed by atoms with Gasteiger partial charge in [-0.3, -0.25) is 4.79 Å². The maximum Gasteiger partial charge on any atom is 0.338 e. The van der Waals surface area contributed by atoms with Gasteiger partial charge in [-0.2, -0.15) is 0 Å². The lowest BCUT2D eigenvalue weighted by molar-refractivity contribution is -0.151. The van der Waals surface area contributed by atoms with Gasteiger partial charge in [0, 0.05) is 18.0 Å². The van der Waals surface area contributed by atoms with E-state index in [2.05, 4.69) is 24.4 Å². The highest BCUT2D eigenvalue weighted by Gasteiger charge is 2.23. The van der Waals surface area contributed by atoms with E-state index in [4.69, 9.17) is 9.47 Å². The maximum atomic E-state index is 12.4. The monoisotopic (exact) mass is 379 g/mol. The van der Waals surface area contributed by atoms with Gasteiger partial charge in [0.25, 0.3) is 5.91 Å². The molecule has 0 aliphatic carbocycles. The fraction of sp³-hybridized carbons (Fsp3) is 0.304. The van der Waals surface area contributed by atoms with Crippen LogP contribution in [0.2, 0.25) is 0 Å². The van der Waals surface area contributed by atoms with Crippen LogP contribution in [0.15, 0.2) is 60.2 Å². The van der Waals surface area contributed by atoms with Crippen LogP contribution in [0.4, 0.5) is 0 Å². The van der Waals surface area contributed by atoms with Gasteiger partial charge in [-0.05, 0) is 31.1 Å². The van der Waals surface area contributed by atoms with Crippen LogP contribution in [-0.2, 0) is 14.3 Å². The second kappa shape index (κ2) is 9.22. The molecule has 3 rings (SSSR count). The van der Waals surface area contributed by atoms with E-state index < -0.39 is 12.1 Å². The normalized spacial score (nSPS) is 14.7. The van der Waals surface area contributed by atoms with Crippen molar-refractivity contribution in [3.05, 3.63) is 71.3 Å².